The van der Waals surface area contributed by atoms with Gasteiger partial charge in [0.25, 0.3) is 5.91 Å². The molecule has 2 aromatic rings. The summed E-state index contributed by atoms with van der Waals surface area (Å²) in [6, 6.07) is 7.72. The van der Waals surface area contributed by atoms with Crippen molar-refractivity contribution in [2.45, 2.75) is 31.8 Å². The molecule has 0 bridgehead atoms. The summed E-state index contributed by atoms with van der Waals surface area (Å²) in [7, 11) is 2.81. The first-order valence-corrected chi connectivity index (χ1v) is 9.92. The lowest BCUT2D eigenvalue weighted by Gasteiger charge is -2.17. The van der Waals surface area contributed by atoms with Gasteiger partial charge < -0.3 is 19.5 Å². The van der Waals surface area contributed by atoms with Crippen LogP contribution in [0.15, 0.2) is 30.3 Å². The fourth-order valence-corrected chi connectivity index (χ4v) is 3.79. The lowest BCUT2D eigenvalue weighted by molar-refractivity contribution is 0.0600. The minimum atomic E-state index is -0.574. The zero-order chi connectivity index (χ0) is 21.0. The summed E-state index contributed by atoms with van der Waals surface area (Å²) in [6.07, 6.45) is 4.35. The monoisotopic (exact) mass is 437 g/mol. The van der Waals surface area contributed by atoms with Crippen LogP contribution in [0.4, 0.5) is 5.69 Å². The Balaban J connectivity index is 1.82. The Hall–Kier alpha value is -2.44. The highest BCUT2D eigenvalue weighted by atomic mass is 35.5. The number of halogens is 2. The Morgan fingerprint density at radius 3 is 2.21 bits per heavy atom. The first-order chi connectivity index (χ1) is 13.9. The molecule has 29 heavy (non-hydrogen) atoms. The number of benzene rings is 2. The van der Waals surface area contributed by atoms with Crippen LogP contribution in [0.1, 0.15) is 46.4 Å². The molecule has 1 saturated carbocycles. The first-order valence-electron chi connectivity index (χ1n) is 9.16. The van der Waals surface area contributed by atoms with Gasteiger partial charge in [-0.25, -0.2) is 4.79 Å². The van der Waals surface area contributed by atoms with Gasteiger partial charge in [0.15, 0.2) is 11.5 Å². The highest BCUT2D eigenvalue weighted by Crippen LogP contribution is 2.35. The zero-order valence-electron chi connectivity index (χ0n) is 16.1. The van der Waals surface area contributed by atoms with Gasteiger partial charge in [-0.15, -0.1) is 0 Å². The van der Waals surface area contributed by atoms with Crippen LogP contribution in [0.25, 0.3) is 0 Å². The molecule has 0 unspecified atom stereocenters. The van der Waals surface area contributed by atoms with Gasteiger partial charge in [0.2, 0.25) is 0 Å². The number of esters is 1. The van der Waals surface area contributed by atoms with E-state index in [-0.39, 0.29) is 27.4 Å². The molecular weight excluding hydrogens is 417 g/mol. The molecule has 0 atom stereocenters. The number of rotatable bonds is 6. The van der Waals surface area contributed by atoms with E-state index in [1.807, 2.05) is 0 Å². The van der Waals surface area contributed by atoms with E-state index in [2.05, 4.69) is 10.1 Å². The lowest BCUT2D eigenvalue weighted by atomic mass is 10.1. The van der Waals surface area contributed by atoms with Gasteiger partial charge in [0.05, 0.1) is 41.6 Å². The van der Waals surface area contributed by atoms with Crippen LogP contribution in [0.2, 0.25) is 10.0 Å². The molecule has 0 spiro atoms. The van der Waals surface area contributed by atoms with Gasteiger partial charge >= 0.3 is 5.97 Å². The fourth-order valence-electron chi connectivity index (χ4n) is 3.21. The maximum Gasteiger partial charge on any atom is 0.337 e. The average Bonchev–Trinajstić information content (AvgIpc) is 3.22. The number of amides is 1. The Labute approximate surface area is 179 Å². The van der Waals surface area contributed by atoms with Crippen molar-refractivity contribution in [1.82, 2.24) is 0 Å². The summed E-state index contributed by atoms with van der Waals surface area (Å²) in [5.74, 6) is 0.0892. The third-order valence-electron chi connectivity index (χ3n) is 4.72. The third kappa shape index (κ3) is 4.95. The highest BCUT2D eigenvalue weighted by molar-refractivity contribution is 6.40. The highest BCUT2D eigenvalue weighted by Gasteiger charge is 2.21. The molecular formula is C21H21Cl2NO5. The Morgan fingerprint density at radius 2 is 1.62 bits per heavy atom. The topological polar surface area (TPSA) is 73.9 Å². The summed E-state index contributed by atoms with van der Waals surface area (Å²) in [5, 5.41) is 2.94. The number of hydrogen-bond donors (Lipinski definition) is 1. The second-order valence-electron chi connectivity index (χ2n) is 6.65. The average molecular weight is 438 g/mol. The van der Waals surface area contributed by atoms with Crippen molar-refractivity contribution in [3.63, 3.8) is 0 Å². The molecule has 0 aromatic heterocycles. The van der Waals surface area contributed by atoms with Crippen molar-refractivity contribution >= 4 is 40.8 Å². The molecule has 1 aliphatic rings. The molecule has 0 aliphatic heterocycles. The largest absolute Gasteiger partial charge is 0.493 e. The third-order valence-corrected chi connectivity index (χ3v) is 5.32. The molecule has 0 saturated heterocycles. The molecule has 1 amide bonds. The second kappa shape index (κ2) is 9.37. The van der Waals surface area contributed by atoms with Gasteiger partial charge in [-0.2, -0.15) is 0 Å². The van der Waals surface area contributed by atoms with Crippen LogP contribution >= 0.6 is 23.2 Å². The summed E-state index contributed by atoms with van der Waals surface area (Å²) < 4.78 is 16.0. The van der Waals surface area contributed by atoms with Crippen LogP contribution in [-0.2, 0) is 4.74 Å². The number of nitrogens with one attached hydrogen (secondary N) is 1. The van der Waals surface area contributed by atoms with Crippen LogP contribution in [0, 0.1) is 0 Å². The number of anilines is 1. The van der Waals surface area contributed by atoms with Gasteiger partial charge in [0.1, 0.15) is 0 Å². The zero-order valence-corrected chi connectivity index (χ0v) is 17.6. The Kier molecular flexibility index (Phi) is 6.87. The molecule has 0 heterocycles. The minimum absolute atomic E-state index is 0.122. The molecule has 3 rings (SSSR count). The predicted molar refractivity (Wildman–Crippen MR) is 112 cm³/mol. The van der Waals surface area contributed by atoms with Crippen LogP contribution in [-0.4, -0.2) is 32.2 Å². The fraction of sp³-hybridized carbons (Fsp3) is 0.333. The van der Waals surface area contributed by atoms with E-state index in [9.17, 15) is 9.59 Å². The molecule has 154 valence electrons. The van der Waals surface area contributed by atoms with E-state index in [4.69, 9.17) is 32.7 Å². The van der Waals surface area contributed by atoms with Crippen LogP contribution in [0.3, 0.4) is 0 Å². The van der Waals surface area contributed by atoms with E-state index >= 15 is 0 Å². The lowest BCUT2D eigenvalue weighted by Crippen LogP contribution is -2.15. The van der Waals surface area contributed by atoms with Crippen molar-refractivity contribution in [2.24, 2.45) is 0 Å². The number of carbonyl (C=O) groups is 2. The molecule has 1 aliphatic carbocycles. The molecule has 2 aromatic carbocycles. The normalized spacial score (nSPS) is 13.8. The number of methoxy groups -OCH3 is 2. The summed E-state index contributed by atoms with van der Waals surface area (Å²) in [4.78, 5) is 24.4. The summed E-state index contributed by atoms with van der Waals surface area (Å²) in [6.45, 7) is 0. The van der Waals surface area contributed by atoms with Crippen molar-refractivity contribution in [2.75, 3.05) is 19.5 Å². The van der Waals surface area contributed by atoms with Gasteiger partial charge in [0, 0.05) is 5.56 Å². The molecule has 0 radical (unpaired) electrons. The molecule has 6 nitrogen and oxygen atoms in total. The number of ether oxygens (including phenoxy) is 3. The second-order valence-corrected chi connectivity index (χ2v) is 7.46. The molecule has 1 fully saturated rings. The first kappa shape index (κ1) is 21.3. The number of carbonyl (C=O) groups excluding carboxylic acids is 2. The summed E-state index contributed by atoms with van der Waals surface area (Å²) in [5.41, 5.74) is 0.764. The minimum Gasteiger partial charge on any atom is -0.493 e. The van der Waals surface area contributed by atoms with Crippen molar-refractivity contribution in [3.8, 4) is 11.5 Å². The van der Waals surface area contributed by atoms with Gasteiger partial charge in [-0.1, -0.05) is 23.2 Å². The van der Waals surface area contributed by atoms with E-state index in [1.165, 1.54) is 19.2 Å². The molecule has 1 N–H and O–H groups in total. The van der Waals surface area contributed by atoms with Crippen molar-refractivity contribution in [3.05, 3.63) is 51.5 Å². The molecule has 8 heteroatoms. The van der Waals surface area contributed by atoms with Crippen LogP contribution in [0.5, 0.6) is 11.5 Å². The maximum absolute atomic E-state index is 12.8. The van der Waals surface area contributed by atoms with E-state index in [0.717, 1.165) is 25.7 Å². The Morgan fingerprint density at radius 1 is 0.966 bits per heavy atom. The predicted octanol–water partition coefficient (Wildman–Crippen LogP) is 5.36. The maximum atomic E-state index is 12.8. The smallest absolute Gasteiger partial charge is 0.337 e. The standard InChI is InChI=1S/C21H21Cl2NO5/c1-27-17-8-7-12(11-18(17)29-14-5-3-4-6-14)20(25)24-19-15(22)9-13(10-16(19)23)21(26)28-2/h7-11,14H,3-6H2,1-2H3,(H,24,25). The van der Waals surface area contributed by atoms with Gasteiger partial charge in [-0.3, -0.25) is 4.79 Å². The quantitative estimate of drug-likeness (QED) is 0.615. The van der Waals surface area contributed by atoms with E-state index < -0.39 is 11.9 Å². The van der Waals surface area contributed by atoms with Crippen molar-refractivity contribution in [1.29, 1.82) is 0 Å². The van der Waals surface area contributed by atoms with Crippen molar-refractivity contribution < 1.29 is 23.8 Å². The van der Waals surface area contributed by atoms with Gasteiger partial charge in [-0.05, 0) is 56.0 Å². The van der Waals surface area contributed by atoms with E-state index in [1.54, 1.807) is 25.3 Å². The van der Waals surface area contributed by atoms with Crippen LogP contribution < -0.4 is 14.8 Å². The Bertz CT molecular complexity index is 902. The van der Waals surface area contributed by atoms with E-state index in [0.29, 0.717) is 17.1 Å². The number of hydrogen-bond acceptors (Lipinski definition) is 5. The SMILES string of the molecule is COC(=O)c1cc(Cl)c(NC(=O)c2ccc(OC)c(OC3CCCC3)c2)c(Cl)c1. The summed E-state index contributed by atoms with van der Waals surface area (Å²) >= 11 is 12.4.